The second kappa shape index (κ2) is 6.86. The van der Waals surface area contributed by atoms with Crippen molar-refractivity contribution in [3.63, 3.8) is 0 Å². The Balaban J connectivity index is 0.000000960. The van der Waals surface area contributed by atoms with Crippen molar-refractivity contribution >= 4 is 35.7 Å². The van der Waals surface area contributed by atoms with Gasteiger partial charge in [0.2, 0.25) is 0 Å². The molecule has 3 aromatic heterocycles. The molecular weight excluding hydrogens is 333 g/mol. The van der Waals surface area contributed by atoms with Gasteiger partial charge >= 0.3 is 0 Å². The maximum Gasteiger partial charge on any atom is 0.110 e. The third kappa shape index (κ3) is 3.09. The molecule has 4 aromatic rings. The minimum Gasteiger partial charge on any atom is -0.472 e. The third-order valence-corrected chi connectivity index (χ3v) is 3.59. The zero-order valence-corrected chi connectivity index (χ0v) is 14.0. The molecule has 3 heterocycles. The first kappa shape index (κ1) is 17.1. The molecule has 0 aliphatic rings. The molecule has 0 amide bonds. The Bertz CT molecular complexity index is 917. The summed E-state index contributed by atoms with van der Waals surface area (Å²) in [6, 6.07) is 12.2. The molecule has 0 saturated carbocycles. The summed E-state index contributed by atoms with van der Waals surface area (Å²) in [5, 5.41) is 1.10. The van der Waals surface area contributed by atoms with E-state index >= 15 is 0 Å². The van der Waals surface area contributed by atoms with E-state index in [0.717, 1.165) is 33.7 Å². The summed E-state index contributed by atoms with van der Waals surface area (Å²) in [5.74, 6) is 0.970. The van der Waals surface area contributed by atoms with E-state index in [1.807, 2.05) is 31.3 Å². The summed E-state index contributed by atoms with van der Waals surface area (Å²) in [6.45, 7) is 1.99. The minimum atomic E-state index is 0. The van der Waals surface area contributed by atoms with Crippen molar-refractivity contribution in [1.29, 1.82) is 0 Å². The van der Waals surface area contributed by atoms with Gasteiger partial charge in [0.15, 0.2) is 0 Å². The number of fused-ring (bicyclic) bond motifs is 1. The molecule has 6 heteroatoms. The first-order valence-electron chi connectivity index (χ1n) is 6.75. The summed E-state index contributed by atoms with van der Waals surface area (Å²) < 4.78 is 7.17. The van der Waals surface area contributed by atoms with Gasteiger partial charge in [-0.15, -0.1) is 24.8 Å². The Kier molecular flexibility index (Phi) is 5.08. The maximum atomic E-state index is 5.11. The van der Waals surface area contributed by atoms with Gasteiger partial charge in [-0.2, -0.15) is 0 Å². The summed E-state index contributed by atoms with van der Waals surface area (Å²) >= 11 is 0. The molecular formula is C17H15Cl2N3O. The van der Waals surface area contributed by atoms with Crippen LogP contribution in [0.1, 0.15) is 5.82 Å². The Morgan fingerprint density at radius 1 is 1.04 bits per heavy atom. The van der Waals surface area contributed by atoms with Crippen molar-refractivity contribution < 1.29 is 4.42 Å². The lowest BCUT2D eigenvalue weighted by molar-refractivity contribution is 0.568. The van der Waals surface area contributed by atoms with Gasteiger partial charge in [-0.05, 0) is 37.3 Å². The number of hydrogen-bond acceptors (Lipinski definition) is 3. The topological polar surface area (TPSA) is 43.9 Å². The smallest absolute Gasteiger partial charge is 0.110 e. The second-order valence-electron chi connectivity index (χ2n) is 4.93. The van der Waals surface area contributed by atoms with Gasteiger partial charge in [0.1, 0.15) is 5.82 Å². The van der Waals surface area contributed by atoms with Crippen molar-refractivity contribution in [2.75, 3.05) is 0 Å². The molecule has 0 radical (unpaired) electrons. The molecule has 0 bridgehead atoms. The van der Waals surface area contributed by atoms with Crippen LogP contribution < -0.4 is 0 Å². The molecule has 0 aliphatic carbocycles. The summed E-state index contributed by atoms with van der Waals surface area (Å²) in [6.07, 6.45) is 7.13. The highest BCUT2D eigenvalue weighted by Crippen LogP contribution is 2.23. The van der Waals surface area contributed by atoms with E-state index in [2.05, 4.69) is 32.7 Å². The number of halogens is 2. The Hall–Kier alpha value is -2.30. The van der Waals surface area contributed by atoms with Gasteiger partial charge < -0.3 is 8.98 Å². The highest BCUT2D eigenvalue weighted by Gasteiger charge is 2.05. The van der Waals surface area contributed by atoms with E-state index in [1.165, 1.54) is 0 Å². The molecule has 23 heavy (non-hydrogen) atoms. The van der Waals surface area contributed by atoms with Crippen LogP contribution in [-0.4, -0.2) is 14.5 Å². The van der Waals surface area contributed by atoms with Crippen LogP contribution in [-0.2, 0) is 0 Å². The van der Waals surface area contributed by atoms with Crippen LogP contribution in [0.3, 0.4) is 0 Å². The number of imidazole rings is 1. The predicted octanol–water partition coefficient (Wildman–Crippen LogP) is 4.83. The number of pyridine rings is 1. The summed E-state index contributed by atoms with van der Waals surface area (Å²) in [4.78, 5) is 8.94. The van der Waals surface area contributed by atoms with Crippen molar-refractivity contribution in [2.24, 2.45) is 0 Å². The van der Waals surface area contributed by atoms with Crippen LogP contribution >= 0.6 is 24.8 Å². The molecule has 1 aromatic carbocycles. The van der Waals surface area contributed by atoms with Gasteiger partial charge in [-0.1, -0.05) is 6.07 Å². The number of furan rings is 1. The standard InChI is InChI=1S/C17H13N3O.2ClH/c1-12-18-7-8-20(12)15-3-5-16-13(10-15)2-4-17(19-16)14-6-9-21-11-14;;/h2-11H,1H3;2*1H. The number of hydrogen-bond donors (Lipinski definition) is 0. The van der Waals surface area contributed by atoms with Crippen molar-refractivity contribution in [3.8, 4) is 16.9 Å². The van der Waals surface area contributed by atoms with Gasteiger partial charge in [0.05, 0.1) is 23.7 Å². The Labute approximate surface area is 146 Å². The SMILES string of the molecule is Cc1nccn1-c1ccc2nc(-c3ccoc3)ccc2c1.Cl.Cl. The molecule has 0 N–H and O–H groups in total. The van der Waals surface area contributed by atoms with Gasteiger partial charge in [-0.3, -0.25) is 0 Å². The van der Waals surface area contributed by atoms with E-state index in [1.54, 1.807) is 18.7 Å². The first-order chi connectivity index (χ1) is 10.3. The van der Waals surface area contributed by atoms with Crippen LogP contribution in [0.4, 0.5) is 0 Å². The quantitative estimate of drug-likeness (QED) is 0.521. The zero-order valence-electron chi connectivity index (χ0n) is 12.3. The fourth-order valence-electron chi connectivity index (χ4n) is 2.48. The van der Waals surface area contributed by atoms with E-state index in [4.69, 9.17) is 4.42 Å². The van der Waals surface area contributed by atoms with E-state index in [9.17, 15) is 0 Å². The molecule has 0 fully saturated rings. The van der Waals surface area contributed by atoms with Crippen LogP contribution in [0.25, 0.3) is 27.8 Å². The molecule has 0 unspecified atom stereocenters. The normalized spacial score (nSPS) is 10.1. The number of rotatable bonds is 2. The van der Waals surface area contributed by atoms with E-state index in [-0.39, 0.29) is 24.8 Å². The lowest BCUT2D eigenvalue weighted by Gasteiger charge is -2.07. The van der Waals surface area contributed by atoms with E-state index in [0.29, 0.717) is 0 Å². The van der Waals surface area contributed by atoms with Gasteiger partial charge in [-0.25, -0.2) is 9.97 Å². The lowest BCUT2D eigenvalue weighted by atomic mass is 10.1. The van der Waals surface area contributed by atoms with Crippen molar-refractivity contribution in [1.82, 2.24) is 14.5 Å². The van der Waals surface area contributed by atoms with Crippen LogP contribution in [0, 0.1) is 6.92 Å². The number of aryl methyl sites for hydroxylation is 1. The number of benzene rings is 1. The first-order valence-corrected chi connectivity index (χ1v) is 6.75. The monoisotopic (exact) mass is 347 g/mol. The van der Waals surface area contributed by atoms with E-state index < -0.39 is 0 Å². The molecule has 4 rings (SSSR count). The molecule has 4 nitrogen and oxygen atoms in total. The van der Waals surface area contributed by atoms with Gasteiger partial charge in [0, 0.05) is 29.0 Å². The Morgan fingerprint density at radius 2 is 1.91 bits per heavy atom. The minimum absolute atomic E-state index is 0. The molecule has 0 atom stereocenters. The number of nitrogens with zero attached hydrogens (tertiary/aromatic N) is 3. The fraction of sp³-hybridized carbons (Fsp3) is 0.0588. The molecule has 0 spiro atoms. The third-order valence-electron chi connectivity index (χ3n) is 3.59. The average molecular weight is 348 g/mol. The van der Waals surface area contributed by atoms with Crippen LogP contribution in [0.5, 0.6) is 0 Å². The largest absolute Gasteiger partial charge is 0.472 e. The highest BCUT2D eigenvalue weighted by atomic mass is 35.5. The van der Waals surface area contributed by atoms with Crippen molar-refractivity contribution in [3.05, 3.63) is 67.1 Å². The second-order valence-corrected chi connectivity index (χ2v) is 4.93. The molecule has 0 aliphatic heterocycles. The molecule has 118 valence electrons. The van der Waals surface area contributed by atoms with Crippen LogP contribution in [0.2, 0.25) is 0 Å². The molecule has 0 saturated heterocycles. The fourth-order valence-corrected chi connectivity index (χ4v) is 2.48. The summed E-state index contributed by atoms with van der Waals surface area (Å²) in [5.41, 5.74) is 3.97. The van der Waals surface area contributed by atoms with Crippen molar-refractivity contribution in [2.45, 2.75) is 6.92 Å². The van der Waals surface area contributed by atoms with Crippen LogP contribution in [0.15, 0.2) is 65.7 Å². The highest BCUT2D eigenvalue weighted by molar-refractivity contribution is 5.85. The predicted molar refractivity (Wildman–Crippen MR) is 95.8 cm³/mol. The lowest BCUT2D eigenvalue weighted by Crippen LogP contribution is -1.95. The average Bonchev–Trinajstić information content (AvgIpc) is 3.17. The number of aromatic nitrogens is 3. The Morgan fingerprint density at radius 3 is 2.61 bits per heavy atom. The summed E-state index contributed by atoms with van der Waals surface area (Å²) in [7, 11) is 0. The zero-order chi connectivity index (χ0) is 14.2. The maximum absolute atomic E-state index is 5.11. The van der Waals surface area contributed by atoms with Gasteiger partial charge in [0.25, 0.3) is 0 Å².